The molecule has 0 bridgehead atoms. The van der Waals surface area contributed by atoms with Gasteiger partial charge in [0, 0.05) is 21.6 Å². The van der Waals surface area contributed by atoms with Crippen LogP contribution >= 0.6 is 27.5 Å². The Kier molecular flexibility index (Phi) is 5.19. The van der Waals surface area contributed by atoms with E-state index in [1.54, 1.807) is 6.07 Å². The summed E-state index contributed by atoms with van der Waals surface area (Å²) >= 11 is 9.56. The maximum Gasteiger partial charge on any atom is 0.124 e. The van der Waals surface area contributed by atoms with E-state index in [-0.39, 0.29) is 17.9 Å². The average molecular weight is 357 g/mol. The first kappa shape index (κ1) is 15.5. The zero-order valence-electron chi connectivity index (χ0n) is 11.3. The number of hydrogen-bond donors (Lipinski definition) is 1. The maximum absolute atomic E-state index is 13.1. The van der Waals surface area contributed by atoms with Crippen LogP contribution in [0.2, 0.25) is 5.02 Å². The van der Waals surface area contributed by atoms with Crippen molar-refractivity contribution in [3.05, 3.63) is 68.9 Å². The summed E-state index contributed by atoms with van der Waals surface area (Å²) in [4.78, 5) is 0. The van der Waals surface area contributed by atoms with Gasteiger partial charge in [-0.15, -0.1) is 0 Å². The van der Waals surface area contributed by atoms with Gasteiger partial charge in [0.25, 0.3) is 0 Å². The summed E-state index contributed by atoms with van der Waals surface area (Å²) in [6, 6.07) is 12.9. The molecule has 106 valence electrons. The van der Waals surface area contributed by atoms with Crippen molar-refractivity contribution in [2.24, 2.45) is 0 Å². The van der Waals surface area contributed by atoms with Gasteiger partial charge in [0.1, 0.15) is 5.82 Å². The van der Waals surface area contributed by atoms with E-state index >= 15 is 0 Å². The summed E-state index contributed by atoms with van der Waals surface area (Å²) in [6.07, 6.45) is 0. The Morgan fingerprint density at radius 1 is 1.10 bits per heavy atom. The molecule has 0 aliphatic rings. The highest BCUT2D eigenvalue weighted by Crippen LogP contribution is 2.26. The lowest BCUT2D eigenvalue weighted by Crippen LogP contribution is -2.22. The SMILES string of the molecule is CC(N[C@@H](C)c1cccc(Br)c1)c1ccc(F)cc1Cl. The molecule has 4 heteroatoms. The van der Waals surface area contributed by atoms with Gasteiger partial charge in [-0.25, -0.2) is 4.39 Å². The zero-order valence-corrected chi connectivity index (χ0v) is 13.7. The summed E-state index contributed by atoms with van der Waals surface area (Å²) in [6.45, 7) is 4.11. The predicted molar refractivity (Wildman–Crippen MR) is 85.5 cm³/mol. The van der Waals surface area contributed by atoms with E-state index in [4.69, 9.17) is 11.6 Å². The highest BCUT2D eigenvalue weighted by atomic mass is 79.9. The van der Waals surface area contributed by atoms with Gasteiger partial charge < -0.3 is 5.32 Å². The third kappa shape index (κ3) is 3.81. The summed E-state index contributed by atoms with van der Waals surface area (Å²) in [7, 11) is 0. The Morgan fingerprint density at radius 3 is 2.50 bits per heavy atom. The number of benzene rings is 2. The standard InChI is InChI=1S/C16H16BrClFN/c1-10(12-4-3-5-13(17)8-12)20-11(2)15-7-6-14(19)9-16(15)18/h3-11,20H,1-2H3/t10-,11?/m0/s1. The molecule has 1 N–H and O–H groups in total. The molecule has 20 heavy (non-hydrogen) atoms. The Labute approximate surface area is 132 Å². The van der Waals surface area contributed by atoms with Crippen molar-refractivity contribution < 1.29 is 4.39 Å². The molecule has 2 rings (SSSR count). The monoisotopic (exact) mass is 355 g/mol. The van der Waals surface area contributed by atoms with Crippen molar-refractivity contribution in [2.75, 3.05) is 0 Å². The van der Waals surface area contributed by atoms with Crippen LogP contribution in [0.5, 0.6) is 0 Å². The minimum Gasteiger partial charge on any atom is -0.304 e. The number of rotatable bonds is 4. The fourth-order valence-electron chi connectivity index (χ4n) is 2.19. The Hall–Kier alpha value is -0.900. The van der Waals surface area contributed by atoms with Crippen molar-refractivity contribution in [2.45, 2.75) is 25.9 Å². The van der Waals surface area contributed by atoms with Gasteiger partial charge in [-0.1, -0.05) is 45.7 Å². The smallest absolute Gasteiger partial charge is 0.124 e. The number of halogens is 3. The number of hydrogen-bond acceptors (Lipinski definition) is 1. The minimum atomic E-state index is -0.314. The third-order valence-electron chi connectivity index (χ3n) is 3.28. The van der Waals surface area contributed by atoms with Gasteiger partial charge in [0.2, 0.25) is 0 Å². The highest BCUT2D eigenvalue weighted by Gasteiger charge is 2.14. The molecular formula is C16H16BrClFN. The van der Waals surface area contributed by atoms with Crippen molar-refractivity contribution in [3.8, 4) is 0 Å². The van der Waals surface area contributed by atoms with Gasteiger partial charge in [-0.05, 0) is 49.2 Å². The molecule has 0 heterocycles. The topological polar surface area (TPSA) is 12.0 Å². The second-order valence-electron chi connectivity index (χ2n) is 4.83. The van der Waals surface area contributed by atoms with E-state index in [1.165, 1.54) is 17.7 Å². The molecule has 2 aromatic rings. The van der Waals surface area contributed by atoms with Crippen LogP contribution < -0.4 is 5.32 Å². The van der Waals surface area contributed by atoms with Crippen LogP contribution in [0.1, 0.15) is 37.1 Å². The molecule has 0 aliphatic heterocycles. The maximum atomic E-state index is 13.1. The van der Waals surface area contributed by atoms with Gasteiger partial charge in [-0.2, -0.15) is 0 Å². The first-order valence-corrected chi connectivity index (χ1v) is 7.61. The van der Waals surface area contributed by atoms with Crippen LogP contribution in [-0.2, 0) is 0 Å². The van der Waals surface area contributed by atoms with Crippen molar-refractivity contribution in [1.82, 2.24) is 5.32 Å². The second kappa shape index (κ2) is 6.70. The molecule has 0 radical (unpaired) electrons. The van der Waals surface area contributed by atoms with Gasteiger partial charge in [0.15, 0.2) is 0 Å². The third-order valence-corrected chi connectivity index (χ3v) is 4.10. The first-order valence-electron chi connectivity index (χ1n) is 6.44. The Bertz CT molecular complexity index is 603. The number of nitrogens with one attached hydrogen (secondary N) is 1. The second-order valence-corrected chi connectivity index (χ2v) is 6.15. The van der Waals surface area contributed by atoms with E-state index in [1.807, 2.05) is 19.1 Å². The molecular weight excluding hydrogens is 341 g/mol. The van der Waals surface area contributed by atoms with Crippen LogP contribution in [-0.4, -0.2) is 0 Å². The van der Waals surface area contributed by atoms with Crippen LogP contribution in [0.4, 0.5) is 4.39 Å². The summed E-state index contributed by atoms with van der Waals surface area (Å²) in [5.41, 5.74) is 2.08. The largest absolute Gasteiger partial charge is 0.304 e. The molecule has 0 spiro atoms. The van der Waals surface area contributed by atoms with Crippen LogP contribution in [0, 0.1) is 5.82 Å². The van der Waals surface area contributed by atoms with E-state index in [0.717, 1.165) is 10.0 Å². The molecule has 0 saturated heterocycles. The molecule has 2 atom stereocenters. The molecule has 2 aromatic carbocycles. The molecule has 0 aromatic heterocycles. The van der Waals surface area contributed by atoms with Crippen LogP contribution in [0.25, 0.3) is 0 Å². The molecule has 0 saturated carbocycles. The average Bonchev–Trinajstić information content (AvgIpc) is 2.38. The van der Waals surface area contributed by atoms with Crippen molar-refractivity contribution in [3.63, 3.8) is 0 Å². The molecule has 0 aliphatic carbocycles. The van der Waals surface area contributed by atoms with Crippen LogP contribution in [0.15, 0.2) is 46.9 Å². The molecule has 1 unspecified atom stereocenters. The predicted octanol–water partition coefficient (Wildman–Crippen LogP) is 5.65. The summed E-state index contributed by atoms with van der Waals surface area (Å²) in [5, 5.41) is 3.92. The van der Waals surface area contributed by atoms with Gasteiger partial charge in [-0.3, -0.25) is 0 Å². The first-order chi connectivity index (χ1) is 9.47. The lowest BCUT2D eigenvalue weighted by atomic mass is 10.0. The van der Waals surface area contributed by atoms with Crippen molar-refractivity contribution in [1.29, 1.82) is 0 Å². The van der Waals surface area contributed by atoms with E-state index in [2.05, 4.69) is 40.3 Å². The highest BCUT2D eigenvalue weighted by molar-refractivity contribution is 9.10. The fraction of sp³-hybridized carbons (Fsp3) is 0.250. The van der Waals surface area contributed by atoms with Gasteiger partial charge in [0.05, 0.1) is 0 Å². The lowest BCUT2D eigenvalue weighted by molar-refractivity contribution is 0.494. The molecule has 0 fully saturated rings. The zero-order chi connectivity index (χ0) is 14.7. The van der Waals surface area contributed by atoms with E-state index < -0.39 is 0 Å². The summed E-state index contributed by atoms with van der Waals surface area (Å²) in [5.74, 6) is -0.314. The van der Waals surface area contributed by atoms with Crippen molar-refractivity contribution >= 4 is 27.5 Å². The Morgan fingerprint density at radius 2 is 1.85 bits per heavy atom. The fourth-order valence-corrected chi connectivity index (χ4v) is 2.94. The summed E-state index contributed by atoms with van der Waals surface area (Å²) < 4.78 is 14.1. The minimum absolute atomic E-state index is 0.0390. The quantitative estimate of drug-likeness (QED) is 0.746. The normalized spacial score (nSPS) is 14.1. The van der Waals surface area contributed by atoms with E-state index in [9.17, 15) is 4.39 Å². The van der Waals surface area contributed by atoms with Gasteiger partial charge >= 0.3 is 0 Å². The Balaban J connectivity index is 2.12. The molecule has 1 nitrogen and oxygen atoms in total. The lowest BCUT2D eigenvalue weighted by Gasteiger charge is -2.21. The van der Waals surface area contributed by atoms with Crippen LogP contribution in [0.3, 0.4) is 0 Å². The molecule has 0 amide bonds. The van der Waals surface area contributed by atoms with E-state index in [0.29, 0.717) is 5.02 Å².